The summed E-state index contributed by atoms with van der Waals surface area (Å²) in [6.07, 6.45) is 0. The quantitative estimate of drug-likeness (QED) is 0.815. The minimum atomic E-state index is -0.879. The van der Waals surface area contributed by atoms with Gasteiger partial charge < -0.3 is 10.2 Å². The summed E-state index contributed by atoms with van der Waals surface area (Å²) in [4.78, 5) is 20.4. The standard InChI is InChI=1S/2C7H6O2.Al.3H/c2*8-7(9)6-4-2-1-3-5-6;;;;/h2*1-5H,(H,8,9);;;;. The SMILES string of the molecule is O=C(O)c1ccccc1.O=C(O)c1ccccc1.[AlH3]. The minimum absolute atomic E-state index is 0. The van der Waals surface area contributed by atoms with Gasteiger partial charge in [0.2, 0.25) is 0 Å². The van der Waals surface area contributed by atoms with Gasteiger partial charge in [-0.25, -0.2) is 9.59 Å². The number of carbonyl (C=O) groups is 2. The normalized spacial score (nSPS) is 8.42. The Hall–Kier alpha value is -2.09. The van der Waals surface area contributed by atoms with E-state index in [9.17, 15) is 9.59 Å². The van der Waals surface area contributed by atoms with Gasteiger partial charge in [-0.05, 0) is 24.3 Å². The van der Waals surface area contributed by atoms with E-state index >= 15 is 0 Å². The van der Waals surface area contributed by atoms with Gasteiger partial charge in [-0.15, -0.1) is 0 Å². The first-order valence-corrected chi connectivity index (χ1v) is 5.18. The van der Waals surface area contributed by atoms with Gasteiger partial charge in [0.25, 0.3) is 0 Å². The first-order chi connectivity index (χ1) is 8.61. The summed E-state index contributed by atoms with van der Waals surface area (Å²) in [5.41, 5.74) is 0.662. The summed E-state index contributed by atoms with van der Waals surface area (Å²) in [7, 11) is 0. The lowest BCUT2D eigenvalue weighted by molar-refractivity contribution is 0.0686. The van der Waals surface area contributed by atoms with Crippen LogP contribution >= 0.6 is 0 Å². The molecule has 0 bridgehead atoms. The number of hydrogen-bond acceptors (Lipinski definition) is 2. The molecule has 5 heteroatoms. The smallest absolute Gasteiger partial charge is 0.335 e. The average molecular weight is 274 g/mol. The van der Waals surface area contributed by atoms with E-state index in [1.54, 1.807) is 60.7 Å². The number of carboxylic acids is 2. The molecule has 0 saturated carbocycles. The fourth-order valence-corrected chi connectivity index (χ4v) is 1.16. The molecule has 0 atom stereocenters. The summed E-state index contributed by atoms with van der Waals surface area (Å²) in [6.45, 7) is 0. The molecule has 0 radical (unpaired) electrons. The van der Waals surface area contributed by atoms with E-state index in [0.717, 1.165) is 0 Å². The summed E-state index contributed by atoms with van der Waals surface area (Å²) < 4.78 is 0. The number of rotatable bonds is 2. The molecule has 0 unspecified atom stereocenters. The number of aromatic carboxylic acids is 2. The topological polar surface area (TPSA) is 74.6 Å². The van der Waals surface area contributed by atoms with Gasteiger partial charge in [0, 0.05) is 0 Å². The summed E-state index contributed by atoms with van der Waals surface area (Å²) >= 11 is 0. The second kappa shape index (κ2) is 8.92. The van der Waals surface area contributed by atoms with Crippen LogP contribution in [0, 0.1) is 0 Å². The van der Waals surface area contributed by atoms with Crippen molar-refractivity contribution in [1.29, 1.82) is 0 Å². The molecule has 0 amide bonds. The molecular weight excluding hydrogens is 259 g/mol. The van der Waals surface area contributed by atoms with Crippen molar-refractivity contribution in [3.63, 3.8) is 0 Å². The molecule has 0 aromatic heterocycles. The molecule has 4 nitrogen and oxygen atoms in total. The zero-order valence-electron chi connectivity index (χ0n) is 9.48. The summed E-state index contributed by atoms with van der Waals surface area (Å²) in [5.74, 6) is -1.76. The van der Waals surface area contributed by atoms with E-state index in [0.29, 0.717) is 11.1 Å². The van der Waals surface area contributed by atoms with Gasteiger partial charge in [0.05, 0.1) is 11.1 Å². The van der Waals surface area contributed by atoms with Crippen molar-refractivity contribution in [3.8, 4) is 0 Å². The van der Waals surface area contributed by atoms with Gasteiger partial charge in [-0.2, -0.15) is 0 Å². The minimum Gasteiger partial charge on any atom is -0.478 e. The van der Waals surface area contributed by atoms with Crippen LogP contribution in [0.2, 0.25) is 0 Å². The van der Waals surface area contributed by atoms with Crippen LogP contribution in [-0.4, -0.2) is 39.5 Å². The Bertz CT molecular complexity index is 462. The molecule has 0 fully saturated rings. The molecule has 0 aliphatic carbocycles. The second-order valence-electron chi connectivity index (χ2n) is 3.34. The van der Waals surface area contributed by atoms with Crippen LogP contribution in [0.15, 0.2) is 60.7 Å². The van der Waals surface area contributed by atoms with E-state index in [2.05, 4.69) is 0 Å². The number of carboxylic acid groups (broad SMARTS) is 2. The van der Waals surface area contributed by atoms with Crippen LogP contribution in [0.5, 0.6) is 0 Å². The lowest BCUT2D eigenvalue weighted by Crippen LogP contribution is -1.93. The molecule has 0 heterocycles. The van der Waals surface area contributed by atoms with E-state index in [4.69, 9.17) is 10.2 Å². The van der Waals surface area contributed by atoms with Crippen molar-refractivity contribution in [1.82, 2.24) is 0 Å². The lowest BCUT2D eigenvalue weighted by atomic mass is 10.2. The van der Waals surface area contributed by atoms with Crippen LogP contribution < -0.4 is 0 Å². The Kier molecular flexibility index (Phi) is 7.94. The van der Waals surface area contributed by atoms with Gasteiger partial charge in [0.1, 0.15) is 0 Å². The maximum Gasteiger partial charge on any atom is 0.335 e. The monoisotopic (exact) mass is 274 g/mol. The third kappa shape index (κ3) is 6.41. The van der Waals surface area contributed by atoms with E-state index < -0.39 is 11.9 Å². The van der Waals surface area contributed by atoms with Gasteiger partial charge in [-0.3, -0.25) is 0 Å². The Morgan fingerprint density at radius 1 is 0.632 bits per heavy atom. The van der Waals surface area contributed by atoms with Crippen molar-refractivity contribution in [2.45, 2.75) is 0 Å². The van der Waals surface area contributed by atoms with Crippen LogP contribution in [-0.2, 0) is 0 Å². The Morgan fingerprint density at radius 3 is 1.05 bits per heavy atom. The highest BCUT2D eigenvalue weighted by atomic mass is 27.0. The van der Waals surface area contributed by atoms with Gasteiger partial charge in [-0.1, -0.05) is 36.4 Å². The largest absolute Gasteiger partial charge is 0.478 e. The molecule has 0 saturated heterocycles. The fourth-order valence-electron chi connectivity index (χ4n) is 1.16. The highest BCUT2D eigenvalue weighted by Crippen LogP contribution is 1.96. The molecule has 2 aromatic rings. The van der Waals surface area contributed by atoms with Crippen molar-refractivity contribution >= 4 is 29.3 Å². The number of benzene rings is 2. The maximum atomic E-state index is 10.2. The fraction of sp³-hybridized carbons (Fsp3) is 0. The molecule has 2 N–H and O–H groups in total. The number of hydrogen-bond donors (Lipinski definition) is 2. The molecule has 0 spiro atoms. The molecule has 19 heavy (non-hydrogen) atoms. The zero-order valence-corrected chi connectivity index (χ0v) is 9.48. The van der Waals surface area contributed by atoms with Crippen LogP contribution in [0.4, 0.5) is 0 Å². The predicted octanol–water partition coefficient (Wildman–Crippen LogP) is 1.59. The third-order valence-corrected chi connectivity index (χ3v) is 2.04. The summed E-state index contributed by atoms with van der Waals surface area (Å²) in [5, 5.41) is 16.8. The van der Waals surface area contributed by atoms with Crippen LogP contribution in [0.3, 0.4) is 0 Å². The van der Waals surface area contributed by atoms with Crippen molar-refractivity contribution < 1.29 is 19.8 Å². The van der Waals surface area contributed by atoms with E-state index in [-0.39, 0.29) is 17.4 Å². The molecule has 2 aromatic carbocycles. The van der Waals surface area contributed by atoms with Crippen molar-refractivity contribution in [2.75, 3.05) is 0 Å². The second-order valence-corrected chi connectivity index (χ2v) is 3.34. The van der Waals surface area contributed by atoms with Crippen molar-refractivity contribution in [2.24, 2.45) is 0 Å². The first kappa shape index (κ1) is 16.9. The molecule has 0 aliphatic rings. The molecule has 0 aliphatic heterocycles. The first-order valence-electron chi connectivity index (χ1n) is 5.18. The summed E-state index contributed by atoms with van der Waals surface area (Å²) in [6, 6.07) is 16.6. The molecule has 98 valence electrons. The highest BCUT2D eigenvalue weighted by Gasteiger charge is 1.97. The zero-order chi connectivity index (χ0) is 13.4. The predicted molar refractivity (Wildman–Crippen MR) is 76.7 cm³/mol. The van der Waals surface area contributed by atoms with Crippen LogP contribution in [0.1, 0.15) is 20.7 Å². The van der Waals surface area contributed by atoms with Crippen LogP contribution in [0.25, 0.3) is 0 Å². The van der Waals surface area contributed by atoms with Crippen molar-refractivity contribution in [3.05, 3.63) is 71.8 Å². The molecular formula is C14H15AlO4. The van der Waals surface area contributed by atoms with Gasteiger partial charge >= 0.3 is 11.9 Å². The maximum absolute atomic E-state index is 10.2. The highest BCUT2D eigenvalue weighted by molar-refractivity contribution is 5.87. The Balaban J connectivity index is 0.000000324. The third-order valence-electron chi connectivity index (χ3n) is 2.04. The molecule has 2 rings (SSSR count). The lowest BCUT2D eigenvalue weighted by Gasteiger charge is -1.88. The van der Waals surface area contributed by atoms with E-state index in [1.165, 1.54) is 0 Å². The Labute approximate surface area is 121 Å². The Morgan fingerprint density at radius 2 is 0.895 bits per heavy atom. The average Bonchev–Trinajstić information content (AvgIpc) is 2.41. The van der Waals surface area contributed by atoms with E-state index in [1.807, 2.05) is 0 Å². The van der Waals surface area contributed by atoms with Gasteiger partial charge in [0.15, 0.2) is 17.4 Å².